The highest BCUT2D eigenvalue weighted by Crippen LogP contribution is 2.44. The normalized spacial score (nSPS) is 12.1. The number of nitrogens with one attached hydrogen (secondary N) is 1. The molecule has 406 valence electrons. The Morgan fingerprint density at radius 1 is 0.380 bits per heavy atom. The topological polar surface area (TPSA) is 157 Å². The van der Waals surface area contributed by atoms with Crippen LogP contribution in [0.15, 0.2) is 48.5 Å². The van der Waals surface area contributed by atoms with Crippen molar-refractivity contribution in [1.82, 2.24) is 5.32 Å². The molecular weight excluding hydrogens is 911 g/mol. The molecule has 0 unspecified atom stereocenters. The second-order valence-corrected chi connectivity index (χ2v) is 17.6. The zero-order valence-electron chi connectivity index (χ0n) is 43.7. The number of carbonyl (C=O) groups excluding carboxylic acids is 2. The van der Waals surface area contributed by atoms with Crippen LogP contribution in [-0.2, 0) is 61.6 Å². The first-order valence-corrected chi connectivity index (χ1v) is 27.2. The Balaban J connectivity index is 0.898. The molecule has 0 spiro atoms. The number of ether oxygens (including phenoxy) is 12. The number of amides is 1. The lowest BCUT2D eigenvalue weighted by Gasteiger charge is -2.14. The molecule has 2 aromatic carbocycles. The molecule has 15 heteroatoms. The van der Waals surface area contributed by atoms with Gasteiger partial charge >= 0.3 is 12.1 Å². The maximum absolute atomic E-state index is 12.3. The largest absolute Gasteiger partial charge is 0.463 e. The zero-order chi connectivity index (χ0) is 50.2. The van der Waals surface area contributed by atoms with E-state index in [2.05, 4.69) is 36.5 Å². The van der Waals surface area contributed by atoms with Crippen LogP contribution in [0.5, 0.6) is 0 Å². The van der Waals surface area contributed by atoms with Gasteiger partial charge in [0.1, 0.15) is 13.2 Å². The molecule has 0 atom stereocenters. The van der Waals surface area contributed by atoms with E-state index in [0.717, 1.165) is 12.8 Å². The molecule has 1 aliphatic carbocycles. The van der Waals surface area contributed by atoms with Crippen LogP contribution in [0.3, 0.4) is 0 Å². The van der Waals surface area contributed by atoms with Crippen LogP contribution in [0, 0.1) is 0 Å². The van der Waals surface area contributed by atoms with Crippen LogP contribution in [0.1, 0.15) is 133 Å². The summed E-state index contributed by atoms with van der Waals surface area (Å²) in [5.41, 5.74) is 4.80. The van der Waals surface area contributed by atoms with Crippen LogP contribution in [0.4, 0.5) is 4.79 Å². The average Bonchev–Trinajstić information content (AvgIpc) is 3.71. The lowest BCUT2D eigenvalue weighted by atomic mass is 9.98. The molecule has 0 aliphatic heterocycles. The predicted octanol–water partition coefficient (Wildman–Crippen LogP) is 9.89. The van der Waals surface area contributed by atoms with Crippen molar-refractivity contribution in [2.75, 3.05) is 152 Å². The van der Waals surface area contributed by atoms with Gasteiger partial charge in [-0.15, -0.1) is 0 Å². The predicted molar refractivity (Wildman–Crippen MR) is 276 cm³/mol. The van der Waals surface area contributed by atoms with E-state index in [0.29, 0.717) is 158 Å². The number of alkyl carbamates (subject to hydrolysis) is 1. The summed E-state index contributed by atoms with van der Waals surface area (Å²) < 4.78 is 66.2. The lowest BCUT2D eigenvalue weighted by Crippen LogP contribution is -2.27. The van der Waals surface area contributed by atoms with Crippen LogP contribution in [0.2, 0.25) is 0 Å². The third kappa shape index (κ3) is 34.0. The molecule has 71 heavy (non-hydrogen) atoms. The van der Waals surface area contributed by atoms with Gasteiger partial charge in [0.05, 0.1) is 126 Å². The maximum atomic E-state index is 12.3. The number of hydrogen-bond acceptors (Lipinski definition) is 14. The van der Waals surface area contributed by atoms with E-state index >= 15 is 0 Å². The summed E-state index contributed by atoms with van der Waals surface area (Å²) in [6.07, 6.45) is 20.4. The number of hydrogen-bond donors (Lipinski definition) is 1. The molecule has 0 saturated heterocycles. The van der Waals surface area contributed by atoms with E-state index in [9.17, 15) is 9.59 Å². The van der Waals surface area contributed by atoms with Crippen molar-refractivity contribution in [3.63, 3.8) is 0 Å². The molecule has 1 amide bonds. The molecule has 0 fully saturated rings. The highest BCUT2D eigenvalue weighted by atomic mass is 16.6. The summed E-state index contributed by atoms with van der Waals surface area (Å²) in [7, 11) is 0. The second kappa shape index (κ2) is 46.6. The molecule has 0 heterocycles. The summed E-state index contributed by atoms with van der Waals surface area (Å²) in [6.45, 7) is 12.9. The van der Waals surface area contributed by atoms with Crippen molar-refractivity contribution >= 4 is 12.1 Å². The molecule has 3 rings (SSSR count). The molecule has 2 aromatic rings. The summed E-state index contributed by atoms with van der Waals surface area (Å²) >= 11 is 0. The van der Waals surface area contributed by atoms with Gasteiger partial charge in [-0.3, -0.25) is 4.79 Å². The first-order chi connectivity index (χ1) is 35.2. The number of esters is 1. The van der Waals surface area contributed by atoms with Crippen molar-refractivity contribution in [1.29, 1.82) is 0 Å². The Hall–Kier alpha value is -3.22. The van der Waals surface area contributed by atoms with Crippen molar-refractivity contribution in [2.45, 2.75) is 122 Å². The summed E-state index contributed by atoms with van der Waals surface area (Å²) in [4.78, 5) is 24.3. The van der Waals surface area contributed by atoms with Crippen LogP contribution in [0.25, 0.3) is 11.1 Å². The lowest BCUT2D eigenvalue weighted by molar-refractivity contribution is -0.145. The molecular formula is C56H93NO14. The summed E-state index contributed by atoms with van der Waals surface area (Å²) in [5, 5.41) is 2.81. The Morgan fingerprint density at radius 3 is 1.08 bits per heavy atom. The highest BCUT2D eigenvalue weighted by Gasteiger charge is 2.29. The minimum absolute atomic E-state index is 0.0456. The molecule has 1 N–H and O–H groups in total. The van der Waals surface area contributed by atoms with Crippen molar-refractivity contribution in [3.8, 4) is 11.1 Å². The number of fused-ring (bicyclic) bond motifs is 3. The Morgan fingerprint density at radius 2 is 0.704 bits per heavy atom. The Kier molecular flexibility index (Phi) is 40.7. The van der Waals surface area contributed by atoms with E-state index in [-0.39, 0.29) is 18.5 Å². The van der Waals surface area contributed by atoms with Crippen molar-refractivity contribution in [2.24, 2.45) is 0 Å². The number of rotatable bonds is 52. The number of benzene rings is 2. The Bertz CT molecular complexity index is 1490. The Labute approximate surface area is 427 Å². The summed E-state index contributed by atoms with van der Waals surface area (Å²) in [6, 6.07) is 16.6. The van der Waals surface area contributed by atoms with Gasteiger partial charge < -0.3 is 62.2 Å². The summed E-state index contributed by atoms with van der Waals surface area (Å²) in [5.74, 6) is -0.0890. The zero-order valence-corrected chi connectivity index (χ0v) is 43.7. The monoisotopic (exact) mass is 1000 g/mol. The molecule has 15 nitrogen and oxygen atoms in total. The quantitative estimate of drug-likeness (QED) is 0.0493. The number of carbonyl (C=O) groups is 2. The minimum Gasteiger partial charge on any atom is -0.463 e. The van der Waals surface area contributed by atoms with Crippen molar-refractivity contribution < 1.29 is 66.4 Å². The van der Waals surface area contributed by atoms with Crippen LogP contribution >= 0.6 is 0 Å². The molecule has 0 radical (unpaired) electrons. The van der Waals surface area contributed by atoms with Gasteiger partial charge in [0.25, 0.3) is 0 Å². The van der Waals surface area contributed by atoms with E-state index in [1.165, 1.54) is 106 Å². The standard InChI is InChI=1S/C56H93NO14/c1-2-3-4-5-6-7-8-9-10-11-12-13-14-15-16-26-55(58)70-48-47-69-46-45-68-44-43-67-42-41-66-40-39-65-38-37-64-36-35-63-34-33-62-32-31-61-30-29-60-28-21-27-57-56(59)71-49-54-52-24-19-17-22-50(52)51-23-18-20-25-53(51)54/h17-20,22-25,54H,2-16,21,26-49H2,1H3,(H,57,59). The fraction of sp³-hybridized carbons (Fsp3) is 0.750. The highest BCUT2D eigenvalue weighted by molar-refractivity contribution is 5.79. The van der Waals surface area contributed by atoms with Crippen LogP contribution < -0.4 is 5.32 Å². The first kappa shape index (κ1) is 62.1. The van der Waals surface area contributed by atoms with Crippen LogP contribution in [-0.4, -0.2) is 164 Å². The molecule has 0 saturated carbocycles. The van der Waals surface area contributed by atoms with Gasteiger partial charge in [0.15, 0.2) is 0 Å². The van der Waals surface area contributed by atoms with Gasteiger partial charge in [-0.05, 0) is 35.1 Å². The molecule has 0 aromatic heterocycles. The SMILES string of the molecule is CCCCCCCCCCCCCCCCCC(=O)OCCOCCOCCOCCOCCOCCOCCOCCOCCOCCOCCCNC(=O)OCC1c2ccccc2-c2ccccc21. The van der Waals surface area contributed by atoms with Gasteiger partial charge in [0, 0.05) is 25.5 Å². The van der Waals surface area contributed by atoms with E-state index in [1.54, 1.807) is 0 Å². The minimum atomic E-state index is -0.417. The second-order valence-electron chi connectivity index (χ2n) is 17.6. The van der Waals surface area contributed by atoms with Crippen molar-refractivity contribution in [3.05, 3.63) is 59.7 Å². The van der Waals surface area contributed by atoms with Gasteiger partial charge in [-0.2, -0.15) is 0 Å². The third-order valence-corrected chi connectivity index (χ3v) is 11.9. The molecule has 1 aliphatic rings. The van der Waals surface area contributed by atoms with E-state index in [4.69, 9.17) is 56.8 Å². The first-order valence-electron chi connectivity index (χ1n) is 27.2. The third-order valence-electron chi connectivity index (χ3n) is 11.9. The van der Waals surface area contributed by atoms with Gasteiger partial charge in [0.2, 0.25) is 0 Å². The fourth-order valence-corrected chi connectivity index (χ4v) is 8.02. The number of unbranched alkanes of at least 4 members (excludes halogenated alkanes) is 14. The molecule has 0 bridgehead atoms. The average molecular weight is 1000 g/mol. The van der Waals surface area contributed by atoms with E-state index in [1.807, 2.05) is 24.3 Å². The fourth-order valence-electron chi connectivity index (χ4n) is 8.02. The maximum Gasteiger partial charge on any atom is 0.407 e. The van der Waals surface area contributed by atoms with Gasteiger partial charge in [-0.1, -0.05) is 145 Å². The smallest absolute Gasteiger partial charge is 0.407 e. The van der Waals surface area contributed by atoms with Gasteiger partial charge in [-0.25, -0.2) is 4.79 Å². The van der Waals surface area contributed by atoms with E-state index < -0.39 is 6.09 Å².